The van der Waals surface area contributed by atoms with Crippen LogP contribution in [0.2, 0.25) is 0 Å². The van der Waals surface area contributed by atoms with Gasteiger partial charge in [0, 0.05) is 24.4 Å². The Labute approximate surface area is 155 Å². The molecular weight excluding hydrogens is 344 g/mol. The van der Waals surface area contributed by atoms with Crippen molar-refractivity contribution < 1.29 is 14.0 Å². The fraction of sp³-hybridized carbons (Fsp3) is 0.0952. The number of nitrogens with zero attached hydrogens (tertiary/aromatic N) is 1. The molecule has 0 saturated heterocycles. The minimum atomic E-state index is -0.564. The summed E-state index contributed by atoms with van der Waals surface area (Å²) in [6.07, 6.45) is 5.33. The molecule has 6 nitrogen and oxygen atoms in total. The molecule has 1 aromatic heterocycles. The Bertz CT molecular complexity index is 1120. The maximum absolute atomic E-state index is 12.5. The highest BCUT2D eigenvalue weighted by Gasteiger charge is 2.19. The summed E-state index contributed by atoms with van der Waals surface area (Å²) in [6.45, 7) is -0.213. The van der Waals surface area contributed by atoms with Crippen LogP contribution in [0, 0.1) is 12.3 Å². The van der Waals surface area contributed by atoms with E-state index in [2.05, 4.69) is 11.2 Å². The van der Waals surface area contributed by atoms with Crippen LogP contribution in [-0.4, -0.2) is 30.3 Å². The van der Waals surface area contributed by atoms with Gasteiger partial charge in [0.25, 0.3) is 5.91 Å². The summed E-state index contributed by atoms with van der Waals surface area (Å²) in [5.41, 5.74) is 1.17. The lowest BCUT2D eigenvalue weighted by atomic mass is 10.2. The molecule has 2 amide bonds. The molecule has 1 N–H and O–H groups in total. The second-order valence-electron chi connectivity index (χ2n) is 5.91. The molecule has 2 aromatic carbocycles. The van der Waals surface area contributed by atoms with E-state index in [1.807, 2.05) is 0 Å². The van der Waals surface area contributed by atoms with E-state index in [1.54, 1.807) is 48.5 Å². The molecule has 0 aliphatic carbocycles. The van der Waals surface area contributed by atoms with E-state index in [9.17, 15) is 14.4 Å². The van der Waals surface area contributed by atoms with Gasteiger partial charge in [-0.2, -0.15) is 0 Å². The van der Waals surface area contributed by atoms with Crippen molar-refractivity contribution in [2.45, 2.75) is 0 Å². The maximum Gasteiger partial charge on any atom is 0.289 e. The van der Waals surface area contributed by atoms with Crippen LogP contribution in [0.25, 0.3) is 11.0 Å². The van der Waals surface area contributed by atoms with Crippen molar-refractivity contribution in [3.63, 3.8) is 0 Å². The topological polar surface area (TPSA) is 79.6 Å². The average molecular weight is 360 g/mol. The number of rotatable bonds is 4. The molecule has 0 aliphatic heterocycles. The highest BCUT2D eigenvalue weighted by molar-refractivity contribution is 5.98. The first-order valence-corrected chi connectivity index (χ1v) is 8.13. The monoisotopic (exact) mass is 360 g/mol. The normalized spacial score (nSPS) is 10.2. The predicted octanol–water partition coefficient (Wildman–Crippen LogP) is 2.49. The Morgan fingerprint density at radius 3 is 2.70 bits per heavy atom. The van der Waals surface area contributed by atoms with Crippen molar-refractivity contribution in [2.75, 3.05) is 18.9 Å². The third kappa shape index (κ3) is 4.05. The Kier molecular flexibility index (Phi) is 5.04. The standard InChI is InChI=1S/C21H16N2O4/c1-3-14-7-6-8-15(11-14)22-20(25)13-23(2)21(26)19-12-17(24)16-9-4-5-10-18(16)27-19/h1,4-12H,13H2,2H3,(H,22,25). The third-order valence-electron chi connectivity index (χ3n) is 3.89. The van der Waals surface area contributed by atoms with E-state index in [0.29, 0.717) is 22.2 Å². The summed E-state index contributed by atoms with van der Waals surface area (Å²) in [5, 5.41) is 3.07. The van der Waals surface area contributed by atoms with Gasteiger partial charge in [-0.1, -0.05) is 24.1 Å². The third-order valence-corrected chi connectivity index (χ3v) is 3.89. The van der Waals surface area contributed by atoms with E-state index in [1.165, 1.54) is 11.9 Å². The second-order valence-corrected chi connectivity index (χ2v) is 5.91. The fourth-order valence-electron chi connectivity index (χ4n) is 2.57. The van der Waals surface area contributed by atoms with Crippen molar-refractivity contribution in [1.82, 2.24) is 4.90 Å². The zero-order valence-electron chi connectivity index (χ0n) is 14.6. The SMILES string of the molecule is C#Cc1cccc(NC(=O)CN(C)C(=O)c2cc(=O)c3ccccc3o2)c1. The summed E-state index contributed by atoms with van der Waals surface area (Å²) in [4.78, 5) is 38.0. The highest BCUT2D eigenvalue weighted by Crippen LogP contribution is 2.13. The van der Waals surface area contributed by atoms with Crippen LogP contribution in [0.1, 0.15) is 16.1 Å². The van der Waals surface area contributed by atoms with Crippen LogP contribution >= 0.6 is 0 Å². The van der Waals surface area contributed by atoms with Gasteiger partial charge in [-0.05, 0) is 30.3 Å². The van der Waals surface area contributed by atoms with Gasteiger partial charge in [0.15, 0.2) is 11.2 Å². The zero-order chi connectivity index (χ0) is 19.4. The molecule has 27 heavy (non-hydrogen) atoms. The van der Waals surface area contributed by atoms with Crippen LogP contribution in [0.5, 0.6) is 0 Å². The largest absolute Gasteiger partial charge is 0.451 e. The zero-order valence-corrected chi connectivity index (χ0v) is 14.6. The summed E-state index contributed by atoms with van der Waals surface area (Å²) < 4.78 is 5.51. The van der Waals surface area contributed by atoms with Gasteiger partial charge in [-0.15, -0.1) is 6.42 Å². The minimum absolute atomic E-state index is 0.122. The minimum Gasteiger partial charge on any atom is -0.451 e. The first-order valence-electron chi connectivity index (χ1n) is 8.13. The van der Waals surface area contributed by atoms with Crippen LogP contribution in [0.3, 0.4) is 0 Å². The van der Waals surface area contributed by atoms with Gasteiger partial charge in [0.1, 0.15) is 5.58 Å². The first-order chi connectivity index (χ1) is 13.0. The molecule has 6 heteroatoms. The molecule has 3 aromatic rings. The first kappa shape index (κ1) is 18.0. The summed E-state index contributed by atoms with van der Waals surface area (Å²) >= 11 is 0. The molecule has 0 bridgehead atoms. The molecule has 0 atom stereocenters. The van der Waals surface area contributed by atoms with Crippen LogP contribution in [0.15, 0.2) is 63.8 Å². The van der Waals surface area contributed by atoms with E-state index >= 15 is 0 Å². The van der Waals surface area contributed by atoms with Gasteiger partial charge in [0.2, 0.25) is 5.91 Å². The van der Waals surface area contributed by atoms with E-state index < -0.39 is 11.8 Å². The van der Waals surface area contributed by atoms with Gasteiger partial charge < -0.3 is 14.6 Å². The number of amides is 2. The fourth-order valence-corrected chi connectivity index (χ4v) is 2.57. The van der Waals surface area contributed by atoms with Gasteiger partial charge in [-0.3, -0.25) is 14.4 Å². The number of hydrogen-bond acceptors (Lipinski definition) is 4. The number of nitrogens with one attached hydrogen (secondary N) is 1. The van der Waals surface area contributed by atoms with Gasteiger partial charge in [0.05, 0.1) is 11.9 Å². The molecule has 134 valence electrons. The molecular formula is C21H16N2O4. The Morgan fingerprint density at radius 2 is 1.93 bits per heavy atom. The molecule has 1 heterocycles. The lowest BCUT2D eigenvalue weighted by Gasteiger charge is -2.16. The summed E-state index contributed by atoms with van der Waals surface area (Å²) in [6, 6.07) is 14.6. The highest BCUT2D eigenvalue weighted by atomic mass is 16.3. The van der Waals surface area contributed by atoms with E-state index in [0.717, 1.165) is 6.07 Å². The number of fused-ring (bicyclic) bond motifs is 1. The Morgan fingerprint density at radius 1 is 1.15 bits per heavy atom. The van der Waals surface area contributed by atoms with Gasteiger partial charge in [-0.25, -0.2) is 0 Å². The summed E-state index contributed by atoms with van der Waals surface area (Å²) in [7, 11) is 1.45. The molecule has 0 aliphatic rings. The quantitative estimate of drug-likeness (QED) is 0.725. The number of likely N-dealkylation sites (N-methyl/N-ethyl adjacent to an activating group) is 1. The van der Waals surface area contributed by atoms with Crippen LogP contribution in [0.4, 0.5) is 5.69 Å². The average Bonchev–Trinajstić information content (AvgIpc) is 2.67. The second kappa shape index (κ2) is 7.58. The number of carbonyl (C=O) groups excluding carboxylic acids is 2. The number of hydrogen-bond donors (Lipinski definition) is 1. The number of anilines is 1. The number of para-hydroxylation sites is 1. The summed E-state index contributed by atoms with van der Waals surface area (Å²) in [5.74, 6) is 1.40. The van der Waals surface area contributed by atoms with E-state index in [4.69, 9.17) is 10.8 Å². The molecule has 0 fully saturated rings. The van der Waals surface area contributed by atoms with Gasteiger partial charge >= 0.3 is 0 Å². The number of terminal acetylenes is 1. The Balaban J connectivity index is 1.73. The molecule has 3 rings (SSSR count). The van der Waals surface area contributed by atoms with Crippen LogP contribution in [-0.2, 0) is 4.79 Å². The molecule has 0 radical (unpaired) electrons. The lowest BCUT2D eigenvalue weighted by Crippen LogP contribution is -2.35. The van der Waals surface area contributed by atoms with Crippen molar-refractivity contribution in [3.8, 4) is 12.3 Å². The lowest BCUT2D eigenvalue weighted by molar-refractivity contribution is -0.116. The smallest absolute Gasteiger partial charge is 0.289 e. The van der Waals surface area contributed by atoms with Crippen molar-refractivity contribution in [1.29, 1.82) is 0 Å². The molecule has 0 unspecified atom stereocenters. The maximum atomic E-state index is 12.5. The van der Waals surface area contributed by atoms with Crippen molar-refractivity contribution >= 4 is 28.5 Å². The number of benzene rings is 2. The van der Waals surface area contributed by atoms with Crippen molar-refractivity contribution in [3.05, 3.63) is 76.1 Å². The predicted molar refractivity (Wildman–Crippen MR) is 102 cm³/mol. The number of carbonyl (C=O) groups is 2. The van der Waals surface area contributed by atoms with Crippen LogP contribution < -0.4 is 10.7 Å². The Hall–Kier alpha value is -3.85. The van der Waals surface area contributed by atoms with E-state index in [-0.39, 0.29) is 17.7 Å². The molecule has 0 saturated carbocycles. The van der Waals surface area contributed by atoms with Crippen molar-refractivity contribution in [2.24, 2.45) is 0 Å². The molecule has 0 spiro atoms.